The number of hydrogen-bond acceptors (Lipinski definition) is 4. The maximum absolute atomic E-state index is 12.2. The van der Waals surface area contributed by atoms with Gasteiger partial charge in [0, 0.05) is 6.54 Å². The molecule has 0 fully saturated rings. The summed E-state index contributed by atoms with van der Waals surface area (Å²) >= 11 is 0. The molecule has 0 bridgehead atoms. The maximum atomic E-state index is 12.2. The standard InChI is InChI=1S/C21H28N2O3.ClH/c1-4-12-21(2,22)20(24)23-14-17-10-11-18(19(13-17)25-3)26-15-16-8-6-5-7-9-16;/h5-11,13H,4,12,14-15,22H2,1-3H3,(H,23,24);1H. The predicted octanol–water partition coefficient (Wildman–Crippen LogP) is 3.83. The van der Waals surface area contributed by atoms with Crippen molar-refractivity contribution in [1.29, 1.82) is 0 Å². The SMILES string of the molecule is CCCC(C)(N)C(=O)NCc1ccc(OCc2ccccc2)c(OC)c1.Cl. The Balaban J connectivity index is 0.00000364. The molecule has 6 heteroatoms. The van der Waals surface area contributed by atoms with E-state index in [0.717, 1.165) is 17.5 Å². The molecule has 5 nitrogen and oxygen atoms in total. The van der Waals surface area contributed by atoms with Crippen LogP contribution in [0.25, 0.3) is 0 Å². The van der Waals surface area contributed by atoms with Crippen LogP contribution in [0.3, 0.4) is 0 Å². The maximum Gasteiger partial charge on any atom is 0.240 e. The van der Waals surface area contributed by atoms with Gasteiger partial charge in [0.2, 0.25) is 5.91 Å². The molecule has 1 atom stereocenters. The van der Waals surface area contributed by atoms with Crippen LogP contribution in [0.15, 0.2) is 48.5 Å². The van der Waals surface area contributed by atoms with Gasteiger partial charge >= 0.3 is 0 Å². The van der Waals surface area contributed by atoms with Gasteiger partial charge in [0.1, 0.15) is 6.61 Å². The molecule has 27 heavy (non-hydrogen) atoms. The zero-order chi connectivity index (χ0) is 19.0. The zero-order valence-corrected chi connectivity index (χ0v) is 17.0. The number of ether oxygens (including phenoxy) is 2. The Morgan fingerprint density at radius 1 is 1.11 bits per heavy atom. The lowest BCUT2D eigenvalue weighted by Gasteiger charge is -2.23. The van der Waals surface area contributed by atoms with Crippen molar-refractivity contribution in [2.24, 2.45) is 5.73 Å². The van der Waals surface area contributed by atoms with Gasteiger partial charge in [-0.25, -0.2) is 0 Å². The van der Waals surface area contributed by atoms with Gasteiger partial charge in [0.25, 0.3) is 0 Å². The van der Waals surface area contributed by atoms with Crippen LogP contribution in [-0.2, 0) is 17.9 Å². The lowest BCUT2D eigenvalue weighted by Crippen LogP contribution is -2.51. The fourth-order valence-electron chi connectivity index (χ4n) is 2.69. The van der Waals surface area contributed by atoms with E-state index in [9.17, 15) is 4.79 Å². The molecule has 3 N–H and O–H groups in total. The number of rotatable bonds is 9. The molecule has 0 aromatic heterocycles. The number of halogens is 1. The third-order valence-electron chi connectivity index (χ3n) is 4.21. The molecule has 0 spiro atoms. The fourth-order valence-corrected chi connectivity index (χ4v) is 2.69. The van der Waals surface area contributed by atoms with Crippen molar-refractivity contribution in [3.63, 3.8) is 0 Å². The first-order valence-corrected chi connectivity index (χ1v) is 8.87. The lowest BCUT2D eigenvalue weighted by atomic mass is 9.96. The molecule has 0 aliphatic heterocycles. The summed E-state index contributed by atoms with van der Waals surface area (Å²) in [6.07, 6.45) is 1.51. The molecule has 0 saturated heterocycles. The van der Waals surface area contributed by atoms with Crippen LogP contribution in [0.1, 0.15) is 37.8 Å². The summed E-state index contributed by atoms with van der Waals surface area (Å²) in [6.45, 7) is 4.63. The van der Waals surface area contributed by atoms with E-state index in [1.54, 1.807) is 14.0 Å². The van der Waals surface area contributed by atoms with Crippen molar-refractivity contribution in [2.75, 3.05) is 7.11 Å². The van der Waals surface area contributed by atoms with Gasteiger partial charge < -0.3 is 20.5 Å². The first-order valence-electron chi connectivity index (χ1n) is 8.87. The van der Waals surface area contributed by atoms with Gasteiger partial charge in [0.15, 0.2) is 11.5 Å². The summed E-state index contributed by atoms with van der Waals surface area (Å²) in [5.41, 5.74) is 7.22. The van der Waals surface area contributed by atoms with E-state index in [2.05, 4.69) is 5.32 Å². The van der Waals surface area contributed by atoms with E-state index < -0.39 is 5.54 Å². The molecule has 0 radical (unpaired) electrons. The minimum atomic E-state index is -0.850. The highest BCUT2D eigenvalue weighted by Crippen LogP contribution is 2.29. The number of hydrogen-bond donors (Lipinski definition) is 2. The van der Waals surface area contributed by atoms with Gasteiger partial charge in [-0.2, -0.15) is 0 Å². The van der Waals surface area contributed by atoms with Crippen LogP contribution in [0, 0.1) is 0 Å². The topological polar surface area (TPSA) is 73.6 Å². The summed E-state index contributed by atoms with van der Waals surface area (Å²) in [5.74, 6) is 1.15. The summed E-state index contributed by atoms with van der Waals surface area (Å²) in [5, 5.41) is 2.89. The number of benzene rings is 2. The molecule has 0 saturated carbocycles. The first-order chi connectivity index (χ1) is 12.5. The normalized spacial score (nSPS) is 12.4. The summed E-state index contributed by atoms with van der Waals surface area (Å²) < 4.78 is 11.3. The minimum Gasteiger partial charge on any atom is -0.493 e. The number of nitrogens with two attached hydrogens (primary N) is 1. The number of amides is 1. The monoisotopic (exact) mass is 392 g/mol. The van der Waals surface area contributed by atoms with Gasteiger partial charge in [-0.15, -0.1) is 12.4 Å². The first kappa shape index (κ1) is 22.8. The molecule has 0 aliphatic carbocycles. The third kappa shape index (κ3) is 6.77. The van der Waals surface area contributed by atoms with Gasteiger partial charge in [0.05, 0.1) is 12.6 Å². The van der Waals surface area contributed by atoms with E-state index in [1.165, 1.54) is 0 Å². The molecule has 2 aromatic rings. The number of carbonyl (C=O) groups is 1. The predicted molar refractivity (Wildman–Crippen MR) is 110 cm³/mol. The molecule has 1 amide bonds. The average molecular weight is 393 g/mol. The highest BCUT2D eigenvalue weighted by atomic mass is 35.5. The van der Waals surface area contributed by atoms with Crippen molar-refractivity contribution in [3.8, 4) is 11.5 Å². The van der Waals surface area contributed by atoms with E-state index in [0.29, 0.717) is 31.1 Å². The van der Waals surface area contributed by atoms with Crippen molar-refractivity contribution in [2.45, 2.75) is 45.4 Å². The van der Waals surface area contributed by atoms with Gasteiger partial charge in [-0.3, -0.25) is 4.79 Å². The molecular weight excluding hydrogens is 364 g/mol. The Morgan fingerprint density at radius 3 is 2.44 bits per heavy atom. The minimum absolute atomic E-state index is 0. The second kappa shape index (κ2) is 10.8. The second-order valence-electron chi connectivity index (χ2n) is 6.61. The average Bonchev–Trinajstić information content (AvgIpc) is 2.65. The van der Waals surface area contributed by atoms with Crippen molar-refractivity contribution >= 4 is 18.3 Å². The van der Waals surface area contributed by atoms with Crippen molar-refractivity contribution in [3.05, 3.63) is 59.7 Å². The van der Waals surface area contributed by atoms with Crippen molar-refractivity contribution in [1.82, 2.24) is 5.32 Å². The van der Waals surface area contributed by atoms with Crippen molar-refractivity contribution < 1.29 is 14.3 Å². The van der Waals surface area contributed by atoms with Crippen LogP contribution in [0.2, 0.25) is 0 Å². The molecule has 2 rings (SSSR count). The van der Waals surface area contributed by atoms with E-state index in [-0.39, 0.29) is 18.3 Å². The van der Waals surface area contributed by atoms with Crippen LogP contribution in [0.5, 0.6) is 11.5 Å². The zero-order valence-electron chi connectivity index (χ0n) is 16.2. The fraction of sp³-hybridized carbons (Fsp3) is 0.381. The largest absolute Gasteiger partial charge is 0.493 e. The van der Waals surface area contributed by atoms with Crippen LogP contribution in [-0.4, -0.2) is 18.6 Å². The van der Waals surface area contributed by atoms with E-state index >= 15 is 0 Å². The molecule has 0 aliphatic rings. The Morgan fingerprint density at radius 2 is 1.81 bits per heavy atom. The Kier molecular flexibility index (Phi) is 9.12. The Labute approximate surface area is 167 Å². The smallest absolute Gasteiger partial charge is 0.240 e. The Hall–Kier alpha value is -2.24. The lowest BCUT2D eigenvalue weighted by molar-refractivity contribution is -0.126. The quantitative estimate of drug-likeness (QED) is 0.680. The molecule has 1 unspecified atom stereocenters. The second-order valence-corrected chi connectivity index (χ2v) is 6.61. The Bertz CT molecular complexity index is 721. The number of methoxy groups -OCH3 is 1. The van der Waals surface area contributed by atoms with Crippen LogP contribution >= 0.6 is 12.4 Å². The number of nitrogens with one attached hydrogen (secondary N) is 1. The molecule has 2 aromatic carbocycles. The molecule has 0 heterocycles. The molecule has 148 valence electrons. The van der Waals surface area contributed by atoms with Crippen LogP contribution in [0.4, 0.5) is 0 Å². The summed E-state index contributed by atoms with van der Waals surface area (Å²) in [7, 11) is 1.60. The van der Waals surface area contributed by atoms with Gasteiger partial charge in [-0.05, 0) is 36.6 Å². The summed E-state index contributed by atoms with van der Waals surface area (Å²) in [6, 6.07) is 15.6. The van der Waals surface area contributed by atoms with E-state index in [4.69, 9.17) is 15.2 Å². The van der Waals surface area contributed by atoms with E-state index in [1.807, 2.05) is 55.5 Å². The highest BCUT2D eigenvalue weighted by molar-refractivity contribution is 5.85. The van der Waals surface area contributed by atoms with Gasteiger partial charge in [-0.1, -0.05) is 49.7 Å². The van der Waals surface area contributed by atoms with Crippen LogP contribution < -0.4 is 20.5 Å². The third-order valence-corrected chi connectivity index (χ3v) is 4.21. The summed E-state index contributed by atoms with van der Waals surface area (Å²) in [4.78, 5) is 12.2. The molecular formula is C21H29ClN2O3. The highest BCUT2D eigenvalue weighted by Gasteiger charge is 2.26. The number of carbonyl (C=O) groups excluding carboxylic acids is 1.